The average molecular weight is 317 g/mol. The number of para-hydroxylation sites is 1. The normalized spacial score (nSPS) is 12.4. The minimum absolute atomic E-state index is 0.0907. The lowest BCUT2D eigenvalue weighted by Gasteiger charge is -2.21. The summed E-state index contributed by atoms with van der Waals surface area (Å²) >= 11 is 0. The summed E-state index contributed by atoms with van der Waals surface area (Å²) in [6.07, 6.45) is 0.0907. The van der Waals surface area contributed by atoms with E-state index in [1.165, 1.54) is 20.1 Å². The van der Waals surface area contributed by atoms with Gasteiger partial charge in [-0.25, -0.2) is 4.79 Å². The van der Waals surface area contributed by atoms with E-state index in [4.69, 9.17) is 5.26 Å². The average Bonchev–Trinajstić information content (AvgIpc) is 2.51. The summed E-state index contributed by atoms with van der Waals surface area (Å²) in [5.41, 5.74) is 0.565. The summed E-state index contributed by atoms with van der Waals surface area (Å²) in [5, 5.41) is 13.9. The fourth-order valence-corrected chi connectivity index (χ4v) is 2.02. The monoisotopic (exact) mass is 317 g/mol. The molecule has 7 heteroatoms. The fourth-order valence-electron chi connectivity index (χ4n) is 2.02. The molecule has 1 aromatic carbocycles. The molecule has 1 rings (SSSR count). The largest absolute Gasteiger partial charge is 0.467 e. The van der Waals surface area contributed by atoms with Gasteiger partial charge in [-0.1, -0.05) is 19.1 Å². The molecule has 0 bridgehead atoms. The van der Waals surface area contributed by atoms with E-state index < -0.39 is 23.8 Å². The number of rotatable bonds is 6. The van der Waals surface area contributed by atoms with E-state index >= 15 is 0 Å². The Morgan fingerprint density at radius 2 is 1.96 bits per heavy atom. The van der Waals surface area contributed by atoms with Crippen molar-refractivity contribution >= 4 is 23.5 Å². The Morgan fingerprint density at radius 1 is 1.30 bits per heavy atom. The van der Waals surface area contributed by atoms with E-state index in [1.807, 2.05) is 6.07 Å². The molecule has 23 heavy (non-hydrogen) atoms. The number of carbonyl (C=O) groups is 3. The number of nitrogens with one attached hydrogen (secondary N) is 2. The highest BCUT2D eigenvalue weighted by atomic mass is 16.5. The van der Waals surface area contributed by atoms with Gasteiger partial charge in [-0.05, 0) is 12.1 Å². The predicted molar refractivity (Wildman–Crippen MR) is 83.4 cm³/mol. The minimum Gasteiger partial charge on any atom is -0.467 e. The number of benzene rings is 1. The number of hydrogen-bond acceptors (Lipinski definition) is 5. The summed E-state index contributed by atoms with van der Waals surface area (Å²) in [6.45, 7) is 3.01. The molecule has 122 valence electrons. The van der Waals surface area contributed by atoms with Crippen molar-refractivity contribution in [2.24, 2.45) is 5.92 Å². The third kappa shape index (κ3) is 5.11. The van der Waals surface area contributed by atoms with E-state index in [0.29, 0.717) is 5.69 Å². The summed E-state index contributed by atoms with van der Waals surface area (Å²) in [4.78, 5) is 35.5. The number of anilines is 1. The van der Waals surface area contributed by atoms with Crippen LogP contribution in [0.1, 0.15) is 30.6 Å². The van der Waals surface area contributed by atoms with Crippen LogP contribution in [0.15, 0.2) is 24.3 Å². The first-order chi connectivity index (χ1) is 10.9. The van der Waals surface area contributed by atoms with Crippen molar-refractivity contribution in [3.05, 3.63) is 29.8 Å². The molecule has 0 fully saturated rings. The maximum absolute atomic E-state index is 12.4. The maximum atomic E-state index is 12.4. The van der Waals surface area contributed by atoms with Crippen LogP contribution in [-0.2, 0) is 14.3 Å². The molecule has 0 aliphatic rings. The molecule has 0 spiro atoms. The van der Waals surface area contributed by atoms with Crippen molar-refractivity contribution in [2.75, 3.05) is 12.4 Å². The maximum Gasteiger partial charge on any atom is 0.328 e. The molecule has 0 aromatic heterocycles. The van der Waals surface area contributed by atoms with Gasteiger partial charge in [-0.15, -0.1) is 0 Å². The van der Waals surface area contributed by atoms with E-state index in [2.05, 4.69) is 15.4 Å². The van der Waals surface area contributed by atoms with E-state index in [-0.39, 0.29) is 17.9 Å². The lowest BCUT2D eigenvalue weighted by Crippen LogP contribution is -2.45. The molecular weight excluding hydrogens is 298 g/mol. The van der Waals surface area contributed by atoms with E-state index in [1.54, 1.807) is 25.1 Å². The predicted octanol–water partition coefficient (Wildman–Crippen LogP) is 1.47. The molecule has 2 N–H and O–H groups in total. The number of nitriles is 1. The van der Waals surface area contributed by atoms with Crippen LogP contribution in [0.4, 0.5) is 5.69 Å². The van der Waals surface area contributed by atoms with Gasteiger partial charge in [0.25, 0.3) is 5.91 Å². The molecule has 0 radical (unpaired) electrons. The zero-order valence-corrected chi connectivity index (χ0v) is 13.3. The lowest BCUT2D eigenvalue weighted by atomic mass is 9.98. The standard InChI is InChI=1S/C16H19N3O4/c1-10(8-9-17)14(16(22)23-3)19-15(21)12-6-4-5-7-13(12)18-11(2)20/h4-7,10,14H,8H2,1-3H3,(H,18,20)(H,19,21)/t10-,14+/m1/s1. The van der Waals surface area contributed by atoms with Gasteiger partial charge in [0.2, 0.25) is 5.91 Å². The van der Waals surface area contributed by atoms with Crippen LogP contribution in [0.2, 0.25) is 0 Å². The van der Waals surface area contributed by atoms with Gasteiger partial charge in [-0.2, -0.15) is 5.26 Å². The van der Waals surface area contributed by atoms with Crippen LogP contribution in [0.5, 0.6) is 0 Å². The van der Waals surface area contributed by atoms with Crippen LogP contribution < -0.4 is 10.6 Å². The highest BCUT2D eigenvalue weighted by Gasteiger charge is 2.28. The van der Waals surface area contributed by atoms with E-state index in [0.717, 1.165) is 0 Å². The summed E-state index contributed by atoms with van der Waals surface area (Å²) in [6, 6.07) is 7.46. The molecule has 0 aliphatic carbocycles. The zero-order valence-electron chi connectivity index (χ0n) is 13.3. The van der Waals surface area contributed by atoms with Crippen molar-refractivity contribution in [3.63, 3.8) is 0 Å². The van der Waals surface area contributed by atoms with Gasteiger partial charge >= 0.3 is 5.97 Å². The zero-order chi connectivity index (χ0) is 17.4. The third-order valence-electron chi connectivity index (χ3n) is 3.21. The number of hydrogen-bond donors (Lipinski definition) is 2. The third-order valence-corrected chi connectivity index (χ3v) is 3.21. The molecular formula is C16H19N3O4. The van der Waals surface area contributed by atoms with Crippen molar-refractivity contribution in [2.45, 2.75) is 26.3 Å². The molecule has 0 aliphatic heterocycles. The highest BCUT2D eigenvalue weighted by molar-refractivity contribution is 6.04. The first kappa shape index (κ1) is 18.2. The van der Waals surface area contributed by atoms with Crippen molar-refractivity contribution < 1.29 is 19.1 Å². The minimum atomic E-state index is -0.947. The SMILES string of the molecule is COC(=O)[C@@H](NC(=O)c1ccccc1NC(C)=O)[C@H](C)CC#N. The Bertz CT molecular complexity index is 636. The number of amides is 2. The van der Waals surface area contributed by atoms with Crippen LogP contribution in [0, 0.1) is 17.2 Å². The molecule has 2 amide bonds. The van der Waals surface area contributed by atoms with Crippen LogP contribution in [0.25, 0.3) is 0 Å². The second kappa shape index (κ2) is 8.54. The molecule has 0 heterocycles. The Balaban J connectivity index is 3.01. The molecule has 0 saturated carbocycles. The first-order valence-electron chi connectivity index (χ1n) is 7.03. The second-order valence-corrected chi connectivity index (χ2v) is 5.04. The Kier molecular flexibility index (Phi) is 6.74. The van der Waals surface area contributed by atoms with Crippen LogP contribution >= 0.6 is 0 Å². The molecule has 0 saturated heterocycles. The molecule has 1 aromatic rings. The van der Waals surface area contributed by atoms with Crippen LogP contribution in [0.3, 0.4) is 0 Å². The van der Waals surface area contributed by atoms with Gasteiger partial charge < -0.3 is 15.4 Å². The number of nitrogens with zero attached hydrogens (tertiary/aromatic N) is 1. The summed E-state index contributed by atoms with van der Waals surface area (Å²) in [5.74, 6) is -1.88. The van der Waals surface area contributed by atoms with Crippen LogP contribution in [-0.4, -0.2) is 30.9 Å². The van der Waals surface area contributed by atoms with E-state index in [9.17, 15) is 14.4 Å². The number of methoxy groups -OCH3 is 1. The van der Waals surface area contributed by atoms with Gasteiger partial charge in [0.05, 0.1) is 24.4 Å². The van der Waals surface area contributed by atoms with Gasteiger partial charge in [0.15, 0.2) is 0 Å². The van der Waals surface area contributed by atoms with Crippen molar-refractivity contribution in [3.8, 4) is 6.07 Å². The Labute approximate surface area is 134 Å². The first-order valence-corrected chi connectivity index (χ1v) is 7.03. The number of carbonyl (C=O) groups excluding carboxylic acids is 3. The highest BCUT2D eigenvalue weighted by Crippen LogP contribution is 2.17. The Hall–Kier alpha value is -2.88. The fraction of sp³-hybridized carbons (Fsp3) is 0.375. The van der Waals surface area contributed by atoms with Crippen molar-refractivity contribution in [1.82, 2.24) is 5.32 Å². The van der Waals surface area contributed by atoms with Gasteiger partial charge in [0.1, 0.15) is 6.04 Å². The smallest absolute Gasteiger partial charge is 0.328 e. The van der Waals surface area contributed by atoms with Gasteiger partial charge in [-0.3, -0.25) is 9.59 Å². The van der Waals surface area contributed by atoms with Crippen molar-refractivity contribution in [1.29, 1.82) is 5.26 Å². The summed E-state index contributed by atoms with van der Waals surface area (Å²) < 4.78 is 4.68. The molecule has 2 atom stereocenters. The number of esters is 1. The molecule has 7 nitrogen and oxygen atoms in total. The topological polar surface area (TPSA) is 108 Å². The second-order valence-electron chi connectivity index (χ2n) is 5.04. The Morgan fingerprint density at radius 3 is 2.52 bits per heavy atom. The quantitative estimate of drug-likeness (QED) is 0.772. The lowest BCUT2D eigenvalue weighted by molar-refractivity contribution is -0.144. The summed E-state index contributed by atoms with van der Waals surface area (Å²) in [7, 11) is 1.21. The number of ether oxygens (including phenoxy) is 1. The molecule has 0 unspecified atom stereocenters. The van der Waals surface area contributed by atoms with Gasteiger partial charge in [0, 0.05) is 19.3 Å².